The molecule has 0 unspecified atom stereocenters. The predicted molar refractivity (Wildman–Crippen MR) is 99.4 cm³/mol. The summed E-state index contributed by atoms with van der Waals surface area (Å²) in [5, 5.41) is 0. The van der Waals surface area contributed by atoms with E-state index in [0.717, 1.165) is 11.1 Å². The van der Waals surface area contributed by atoms with Crippen LogP contribution in [0.15, 0.2) is 53.4 Å². The van der Waals surface area contributed by atoms with E-state index in [2.05, 4.69) is 9.46 Å². The Labute approximate surface area is 154 Å². The highest BCUT2D eigenvalue weighted by atomic mass is 32.2. The van der Waals surface area contributed by atoms with Gasteiger partial charge in [0.15, 0.2) is 0 Å². The van der Waals surface area contributed by atoms with E-state index in [-0.39, 0.29) is 10.8 Å². The summed E-state index contributed by atoms with van der Waals surface area (Å²) < 4.78 is 37.6. The molecule has 0 aromatic heterocycles. The quantitative estimate of drug-likeness (QED) is 0.751. The summed E-state index contributed by atoms with van der Waals surface area (Å²) >= 11 is 0. The van der Waals surface area contributed by atoms with Crippen molar-refractivity contribution in [2.24, 2.45) is 5.92 Å². The van der Waals surface area contributed by atoms with E-state index in [1.807, 2.05) is 24.3 Å². The van der Waals surface area contributed by atoms with Gasteiger partial charge in [-0.2, -0.15) is 4.72 Å². The first-order valence-electron chi connectivity index (χ1n) is 8.13. The van der Waals surface area contributed by atoms with Gasteiger partial charge < -0.3 is 9.47 Å². The fourth-order valence-corrected chi connectivity index (χ4v) is 3.85. The SMILES string of the molecule is COC(=O)[C@@H](NS(=O)(=O)c1ccc(-c2ccccc2OC)cc1)C(C)C. The molecule has 0 heterocycles. The van der Waals surface area contributed by atoms with Crippen LogP contribution in [0.5, 0.6) is 5.75 Å². The van der Waals surface area contributed by atoms with Gasteiger partial charge in [-0.3, -0.25) is 4.79 Å². The minimum Gasteiger partial charge on any atom is -0.496 e. The first kappa shape index (κ1) is 19.9. The highest BCUT2D eigenvalue weighted by molar-refractivity contribution is 7.89. The Morgan fingerprint density at radius 3 is 2.15 bits per heavy atom. The molecule has 0 saturated carbocycles. The third-order valence-corrected chi connectivity index (χ3v) is 5.44. The first-order valence-corrected chi connectivity index (χ1v) is 9.62. The van der Waals surface area contributed by atoms with Crippen LogP contribution in [0.4, 0.5) is 0 Å². The lowest BCUT2D eigenvalue weighted by Crippen LogP contribution is -2.44. The summed E-state index contributed by atoms with van der Waals surface area (Å²) in [4.78, 5) is 11.9. The standard InChI is InChI=1S/C19H23NO5S/c1-13(2)18(19(21)25-4)20-26(22,23)15-11-9-14(10-12-15)16-7-5-6-8-17(16)24-3/h5-13,18,20H,1-4H3/t18-/m0/s1. The first-order chi connectivity index (χ1) is 12.3. The minimum absolute atomic E-state index is 0.0747. The van der Waals surface area contributed by atoms with E-state index in [1.165, 1.54) is 19.2 Å². The summed E-state index contributed by atoms with van der Waals surface area (Å²) in [5.74, 6) is -0.161. The van der Waals surface area contributed by atoms with Crippen LogP contribution in [0.1, 0.15) is 13.8 Å². The van der Waals surface area contributed by atoms with Crippen molar-refractivity contribution in [1.29, 1.82) is 0 Å². The molecule has 6 nitrogen and oxygen atoms in total. The number of methoxy groups -OCH3 is 2. The van der Waals surface area contributed by atoms with Gasteiger partial charge in [0.2, 0.25) is 10.0 Å². The molecule has 0 bridgehead atoms. The Morgan fingerprint density at radius 2 is 1.62 bits per heavy atom. The number of carbonyl (C=O) groups is 1. The van der Waals surface area contributed by atoms with Crippen molar-refractivity contribution in [3.63, 3.8) is 0 Å². The van der Waals surface area contributed by atoms with E-state index >= 15 is 0 Å². The Kier molecular flexibility index (Phi) is 6.39. The maximum absolute atomic E-state index is 12.6. The number of sulfonamides is 1. The van der Waals surface area contributed by atoms with Crippen LogP contribution >= 0.6 is 0 Å². The van der Waals surface area contributed by atoms with Crippen LogP contribution in [0.2, 0.25) is 0 Å². The molecular formula is C19H23NO5S. The molecule has 1 atom stereocenters. The van der Waals surface area contributed by atoms with Gasteiger partial charge in [0.1, 0.15) is 11.8 Å². The number of rotatable bonds is 7. The number of carbonyl (C=O) groups excluding carboxylic acids is 1. The van der Waals surface area contributed by atoms with Crippen LogP contribution in [0, 0.1) is 5.92 Å². The molecule has 2 aromatic carbocycles. The second-order valence-electron chi connectivity index (χ2n) is 6.09. The molecule has 0 amide bonds. The number of benzene rings is 2. The van der Waals surface area contributed by atoms with Crippen molar-refractivity contribution in [3.8, 4) is 16.9 Å². The number of nitrogens with one attached hydrogen (secondary N) is 1. The Morgan fingerprint density at radius 1 is 1.00 bits per heavy atom. The van der Waals surface area contributed by atoms with E-state index in [9.17, 15) is 13.2 Å². The van der Waals surface area contributed by atoms with Crippen LogP contribution < -0.4 is 9.46 Å². The monoisotopic (exact) mass is 377 g/mol. The second kappa shape index (κ2) is 8.33. The van der Waals surface area contributed by atoms with Gasteiger partial charge in [-0.25, -0.2) is 8.42 Å². The molecule has 0 aliphatic carbocycles. The zero-order chi connectivity index (χ0) is 19.3. The van der Waals surface area contributed by atoms with Crippen LogP contribution in [0.25, 0.3) is 11.1 Å². The molecule has 1 N–H and O–H groups in total. The van der Waals surface area contributed by atoms with Crippen LogP contribution in [-0.4, -0.2) is 34.6 Å². The average Bonchev–Trinajstić information content (AvgIpc) is 2.65. The van der Waals surface area contributed by atoms with Crippen molar-refractivity contribution in [2.45, 2.75) is 24.8 Å². The molecule has 2 rings (SSSR count). The second-order valence-corrected chi connectivity index (χ2v) is 7.80. The lowest BCUT2D eigenvalue weighted by molar-refractivity contribution is -0.143. The van der Waals surface area contributed by atoms with Gasteiger partial charge >= 0.3 is 5.97 Å². The summed E-state index contributed by atoms with van der Waals surface area (Å²) in [5.41, 5.74) is 1.69. The van der Waals surface area contributed by atoms with E-state index < -0.39 is 22.0 Å². The summed E-state index contributed by atoms with van der Waals surface area (Å²) in [6.07, 6.45) is 0. The summed E-state index contributed by atoms with van der Waals surface area (Å²) in [6.45, 7) is 3.49. The van der Waals surface area contributed by atoms with Crippen molar-refractivity contribution in [1.82, 2.24) is 4.72 Å². The third-order valence-electron chi connectivity index (χ3n) is 3.99. The van der Waals surface area contributed by atoms with Crippen molar-refractivity contribution in [3.05, 3.63) is 48.5 Å². The van der Waals surface area contributed by atoms with Crippen molar-refractivity contribution < 1.29 is 22.7 Å². The summed E-state index contributed by atoms with van der Waals surface area (Å²) in [6, 6.07) is 12.9. The Hall–Kier alpha value is -2.38. The fraction of sp³-hybridized carbons (Fsp3) is 0.316. The average molecular weight is 377 g/mol. The maximum atomic E-state index is 12.6. The molecule has 0 spiro atoms. The molecule has 0 radical (unpaired) electrons. The van der Waals surface area contributed by atoms with Gasteiger partial charge in [0, 0.05) is 5.56 Å². The normalized spacial score (nSPS) is 12.7. The van der Waals surface area contributed by atoms with Gasteiger partial charge in [0.25, 0.3) is 0 Å². The molecule has 0 aliphatic rings. The largest absolute Gasteiger partial charge is 0.496 e. The highest BCUT2D eigenvalue weighted by Gasteiger charge is 2.29. The predicted octanol–water partition coefficient (Wildman–Crippen LogP) is 2.84. The molecule has 0 saturated heterocycles. The zero-order valence-corrected chi connectivity index (χ0v) is 16.0. The Balaban J connectivity index is 2.30. The van der Waals surface area contributed by atoms with Crippen molar-refractivity contribution in [2.75, 3.05) is 14.2 Å². The van der Waals surface area contributed by atoms with Crippen LogP contribution in [-0.2, 0) is 19.6 Å². The van der Waals surface area contributed by atoms with Crippen molar-refractivity contribution >= 4 is 16.0 Å². The van der Waals surface area contributed by atoms with Gasteiger partial charge in [-0.15, -0.1) is 0 Å². The topological polar surface area (TPSA) is 81.7 Å². The number of ether oxygens (including phenoxy) is 2. The number of hydrogen-bond donors (Lipinski definition) is 1. The van der Waals surface area contributed by atoms with E-state index in [4.69, 9.17) is 4.74 Å². The molecule has 0 fully saturated rings. The lowest BCUT2D eigenvalue weighted by Gasteiger charge is -2.19. The minimum atomic E-state index is -3.86. The molecule has 2 aromatic rings. The molecule has 0 aliphatic heterocycles. The maximum Gasteiger partial charge on any atom is 0.324 e. The molecule has 140 valence electrons. The molecule has 26 heavy (non-hydrogen) atoms. The lowest BCUT2D eigenvalue weighted by atomic mass is 10.1. The van der Waals surface area contributed by atoms with E-state index in [0.29, 0.717) is 5.75 Å². The van der Waals surface area contributed by atoms with E-state index in [1.54, 1.807) is 33.1 Å². The van der Waals surface area contributed by atoms with Gasteiger partial charge in [-0.05, 0) is 29.7 Å². The number of para-hydroxylation sites is 1. The number of hydrogen-bond acceptors (Lipinski definition) is 5. The van der Waals surface area contributed by atoms with Gasteiger partial charge in [-0.1, -0.05) is 44.2 Å². The molecular weight excluding hydrogens is 354 g/mol. The Bertz CT molecular complexity index is 860. The summed E-state index contributed by atoms with van der Waals surface area (Å²) in [7, 11) is -1.04. The van der Waals surface area contributed by atoms with Gasteiger partial charge in [0.05, 0.1) is 19.1 Å². The zero-order valence-electron chi connectivity index (χ0n) is 15.2. The molecule has 7 heteroatoms. The number of esters is 1. The van der Waals surface area contributed by atoms with Crippen LogP contribution in [0.3, 0.4) is 0 Å². The highest BCUT2D eigenvalue weighted by Crippen LogP contribution is 2.30. The smallest absolute Gasteiger partial charge is 0.324 e. The fourth-order valence-electron chi connectivity index (χ4n) is 2.52. The third kappa shape index (κ3) is 4.42.